The monoisotopic (exact) mass is 369 g/mol. The van der Waals surface area contributed by atoms with Crippen LogP contribution in [0.15, 0.2) is 23.1 Å². The van der Waals surface area contributed by atoms with Crippen LogP contribution in [0.4, 0.5) is 0 Å². The first kappa shape index (κ1) is 17.7. The molecule has 2 atom stereocenters. The lowest BCUT2D eigenvalue weighted by Crippen LogP contribution is -2.27. The predicted octanol–water partition coefficient (Wildman–Crippen LogP) is 0.997. The zero-order valence-corrected chi connectivity index (χ0v) is 14.7. The van der Waals surface area contributed by atoms with Gasteiger partial charge in [0, 0.05) is 12.5 Å². The maximum Gasteiger partial charge on any atom is 0.347 e. The van der Waals surface area contributed by atoms with Gasteiger partial charge in [0.15, 0.2) is 0 Å². The molecule has 3 rings (SSSR count). The van der Waals surface area contributed by atoms with Gasteiger partial charge in [-0.25, -0.2) is 22.7 Å². The fourth-order valence-electron chi connectivity index (χ4n) is 2.51. The van der Waals surface area contributed by atoms with E-state index in [0.717, 1.165) is 12.8 Å². The largest absolute Gasteiger partial charge is 0.495 e. The fourth-order valence-corrected chi connectivity index (χ4v) is 4.01. The van der Waals surface area contributed by atoms with Crippen LogP contribution in [0.25, 0.3) is 0 Å². The lowest BCUT2D eigenvalue weighted by molar-refractivity contribution is -0.147. The third kappa shape index (κ3) is 3.93. The summed E-state index contributed by atoms with van der Waals surface area (Å²) in [6.45, 7) is 1.70. The Labute approximate surface area is 145 Å². The number of benzene rings is 1. The smallest absolute Gasteiger partial charge is 0.347 e. The van der Waals surface area contributed by atoms with Gasteiger partial charge in [0.2, 0.25) is 16.1 Å². The molecule has 0 bridgehead atoms. The molecule has 1 aliphatic carbocycles. The molecule has 8 nitrogen and oxygen atoms in total. The van der Waals surface area contributed by atoms with E-state index >= 15 is 0 Å². The summed E-state index contributed by atoms with van der Waals surface area (Å²) in [4.78, 5) is 23.7. The molecular weight excluding hydrogens is 350 g/mol. The van der Waals surface area contributed by atoms with Crippen LogP contribution >= 0.6 is 0 Å². The molecule has 136 valence electrons. The second kappa shape index (κ2) is 6.64. The Morgan fingerprint density at radius 2 is 2.04 bits per heavy atom. The number of rotatable bonds is 6. The van der Waals surface area contributed by atoms with Crippen molar-refractivity contribution >= 4 is 22.0 Å². The van der Waals surface area contributed by atoms with Crippen molar-refractivity contribution in [3.63, 3.8) is 0 Å². The van der Waals surface area contributed by atoms with Crippen LogP contribution in [0.1, 0.15) is 36.5 Å². The summed E-state index contributed by atoms with van der Waals surface area (Å²) in [6.07, 6.45) is 0.542. The Kier molecular flexibility index (Phi) is 4.70. The highest BCUT2D eigenvalue weighted by Crippen LogP contribution is 2.29. The quantitative estimate of drug-likeness (QED) is 0.745. The normalized spacial score (nSPS) is 23.2. The van der Waals surface area contributed by atoms with E-state index in [-0.39, 0.29) is 34.8 Å². The molecule has 1 aromatic rings. The summed E-state index contributed by atoms with van der Waals surface area (Å²) in [6, 6.07) is 3.88. The summed E-state index contributed by atoms with van der Waals surface area (Å²) in [5, 5.41) is 0. The number of carbonyl (C=O) groups excluding carboxylic acids is 2. The van der Waals surface area contributed by atoms with E-state index in [1.165, 1.54) is 25.3 Å². The molecule has 1 aliphatic heterocycles. The fraction of sp³-hybridized carbons (Fsp3) is 0.500. The minimum absolute atomic E-state index is 0.0179. The number of hydrogen-bond acceptors (Lipinski definition) is 7. The lowest BCUT2D eigenvalue weighted by atomic mass is 10.2. The van der Waals surface area contributed by atoms with Gasteiger partial charge in [-0.1, -0.05) is 0 Å². The van der Waals surface area contributed by atoms with Gasteiger partial charge < -0.3 is 14.2 Å². The molecular formula is C16H19NO7S. The molecule has 0 unspecified atom stereocenters. The SMILES string of the molecule is COc1ccc(C(=O)O[C@@H]2C[C@@H](C)OC2=O)cc1S(=O)(=O)NC1CC1. The van der Waals surface area contributed by atoms with Crippen molar-refractivity contribution in [2.45, 2.75) is 49.3 Å². The second-order valence-electron chi connectivity index (χ2n) is 6.14. The third-order valence-electron chi connectivity index (χ3n) is 3.96. The van der Waals surface area contributed by atoms with Crippen molar-refractivity contribution in [1.29, 1.82) is 0 Å². The van der Waals surface area contributed by atoms with Crippen LogP contribution in [0, 0.1) is 0 Å². The Balaban J connectivity index is 1.83. The second-order valence-corrected chi connectivity index (χ2v) is 7.82. The number of cyclic esters (lactones) is 1. The summed E-state index contributed by atoms with van der Waals surface area (Å²) >= 11 is 0. The van der Waals surface area contributed by atoms with Crippen molar-refractivity contribution in [3.05, 3.63) is 23.8 Å². The molecule has 2 aliphatic rings. The highest BCUT2D eigenvalue weighted by molar-refractivity contribution is 7.89. The molecule has 2 fully saturated rings. The van der Waals surface area contributed by atoms with Gasteiger partial charge in [0.1, 0.15) is 16.7 Å². The van der Waals surface area contributed by atoms with Gasteiger partial charge in [0.05, 0.1) is 12.7 Å². The molecule has 1 aromatic carbocycles. The van der Waals surface area contributed by atoms with Gasteiger partial charge in [-0.15, -0.1) is 0 Å². The van der Waals surface area contributed by atoms with Gasteiger partial charge in [-0.05, 0) is 38.0 Å². The van der Waals surface area contributed by atoms with Gasteiger partial charge in [0.25, 0.3) is 0 Å². The van der Waals surface area contributed by atoms with E-state index in [4.69, 9.17) is 14.2 Å². The number of esters is 2. The maximum atomic E-state index is 12.5. The molecule has 0 radical (unpaired) electrons. The minimum atomic E-state index is -3.82. The number of carbonyl (C=O) groups is 2. The number of nitrogens with one attached hydrogen (secondary N) is 1. The topological polar surface area (TPSA) is 108 Å². The van der Waals surface area contributed by atoms with E-state index in [0.29, 0.717) is 0 Å². The Morgan fingerprint density at radius 1 is 1.32 bits per heavy atom. The number of sulfonamides is 1. The first-order chi connectivity index (χ1) is 11.8. The van der Waals surface area contributed by atoms with Crippen LogP contribution in [0.2, 0.25) is 0 Å². The standard InChI is InChI=1S/C16H19NO7S/c1-9-7-13(16(19)23-9)24-15(18)10-3-6-12(22-2)14(8-10)25(20,21)17-11-4-5-11/h3,6,8-9,11,13,17H,4-5,7H2,1-2H3/t9-,13-/m1/s1. The number of ether oxygens (including phenoxy) is 3. The molecule has 9 heteroatoms. The molecule has 1 N–H and O–H groups in total. The Morgan fingerprint density at radius 3 is 2.60 bits per heavy atom. The zero-order valence-electron chi connectivity index (χ0n) is 13.9. The number of methoxy groups -OCH3 is 1. The van der Waals surface area contributed by atoms with Gasteiger partial charge >= 0.3 is 11.9 Å². The summed E-state index contributed by atoms with van der Waals surface area (Å²) in [5.41, 5.74) is 0.0179. The molecule has 1 saturated carbocycles. The summed E-state index contributed by atoms with van der Waals surface area (Å²) < 4.78 is 42.6. The average molecular weight is 369 g/mol. The molecule has 25 heavy (non-hydrogen) atoms. The molecule has 0 amide bonds. The van der Waals surface area contributed by atoms with Crippen molar-refractivity contribution in [1.82, 2.24) is 4.72 Å². The molecule has 0 aromatic heterocycles. The van der Waals surface area contributed by atoms with E-state index < -0.39 is 28.1 Å². The number of hydrogen-bond donors (Lipinski definition) is 1. The maximum absolute atomic E-state index is 12.5. The van der Waals surface area contributed by atoms with Crippen LogP contribution in [0.3, 0.4) is 0 Å². The average Bonchev–Trinajstić information content (AvgIpc) is 3.30. The predicted molar refractivity (Wildman–Crippen MR) is 85.7 cm³/mol. The first-order valence-corrected chi connectivity index (χ1v) is 9.40. The van der Waals surface area contributed by atoms with E-state index in [1.54, 1.807) is 6.92 Å². The Bertz CT molecular complexity index is 801. The van der Waals surface area contributed by atoms with E-state index in [2.05, 4.69) is 4.72 Å². The third-order valence-corrected chi connectivity index (χ3v) is 5.51. The van der Waals surface area contributed by atoms with E-state index in [1.807, 2.05) is 0 Å². The van der Waals surface area contributed by atoms with Crippen LogP contribution in [-0.4, -0.2) is 45.7 Å². The van der Waals surface area contributed by atoms with Crippen molar-refractivity contribution < 1.29 is 32.2 Å². The molecule has 1 heterocycles. The zero-order chi connectivity index (χ0) is 18.2. The minimum Gasteiger partial charge on any atom is -0.495 e. The van der Waals surface area contributed by atoms with Gasteiger partial charge in [-0.2, -0.15) is 0 Å². The summed E-state index contributed by atoms with van der Waals surface area (Å²) in [7, 11) is -2.47. The molecule has 0 spiro atoms. The highest BCUT2D eigenvalue weighted by Gasteiger charge is 2.36. The van der Waals surface area contributed by atoms with Crippen LogP contribution in [0.5, 0.6) is 5.75 Å². The van der Waals surface area contributed by atoms with Crippen molar-refractivity contribution in [2.24, 2.45) is 0 Å². The highest BCUT2D eigenvalue weighted by atomic mass is 32.2. The first-order valence-electron chi connectivity index (χ1n) is 7.92. The summed E-state index contributed by atoms with van der Waals surface area (Å²) in [5.74, 6) is -1.27. The lowest BCUT2D eigenvalue weighted by Gasteiger charge is -2.13. The Hall–Kier alpha value is -2.13. The van der Waals surface area contributed by atoms with Crippen LogP contribution in [-0.2, 0) is 24.3 Å². The molecule has 1 saturated heterocycles. The van der Waals surface area contributed by atoms with Crippen molar-refractivity contribution in [2.75, 3.05) is 7.11 Å². The van der Waals surface area contributed by atoms with Crippen molar-refractivity contribution in [3.8, 4) is 5.75 Å². The van der Waals surface area contributed by atoms with Gasteiger partial charge in [-0.3, -0.25) is 0 Å². The van der Waals surface area contributed by atoms with Crippen LogP contribution < -0.4 is 9.46 Å². The van der Waals surface area contributed by atoms with E-state index in [9.17, 15) is 18.0 Å².